The Bertz CT molecular complexity index is 905. The number of aliphatic hydroxyl groups excluding tert-OH is 1. The number of allylic oxidation sites excluding steroid dienone is 3. The van der Waals surface area contributed by atoms with Gasteiger partial charge in [0.2, 0.25) is 0 Å². The largest absolute Gasteiger partial charge is 0.457 e. The van der Waals surface area contributed by atoms with Gasteiger partial charge in [-0.1, -0.05) is 43.3 Å². The quantitative estimate of drug-likeness (QED) is 0.755. The Kier molecular flexibility index (Phi) is 5.45. The zero-order chi connectivity index (χ0) is 21.6. The molecule has 1 saturated heterocycles. The van der Waals surface area contributed by atoms with E-state index in [9.17, 15) is 14.7 Å². The minimum absolute atomic E-state index is 0.0133. The van der Waals surface area contributed by atoms with Crippen molar-refractivity contribution in [3.63, 3.8) is 0 Å². The SMILES string of the molecule is CC1=C2[C@@H]3OC(=O)[C@@H](CN(C)[C@@H](C)[C@@H](O)c4ccccc4)[C@H]3CC[C@@]2(C)C=CC1=O. The van der Waals surface area contributed by atoms with E-state index >= 15 is 0 Å². The molecule has 0 amide bonds. The van der Waals surface area contributed by atoms with Crippen LogP contribution in [0.2, 0.25) is 0 Å². The van der Waals surface area contributed by atoms with Crippen molar-refractivity contribution in [3.8, 4) is 0 Å². The first kappa shape index (κ1) is 21.0. The van der Waals surface area contributed by atoms with Gasteiger partial charge in [-0.25, -0.2) is 0 Å². The third-order valence-electron chi connectivity index (χ3n) is 7.50. The lowest BCUT2D eigenvalue weighted by Crippen LogP contribution is -2.43. The molecule has 5 heteroatoms. The zero-order valence-corrected chi connectivity index (χ0v) is 18.2. The molecule has 0 radical (unpaired) electrons. The minimum atomic E-state index is -0.634. The predicted molar refractivity (Wildman–Crippen MR) is 115 cm³/mol. The van der Waals surface area contributed by atoms with Crippen molar-refractivity contribution in [2.75, 3.05) is 13.6 Å². The predicted octanol–water partition coefficient (Wildman–Crippen LogP) is 3.45. The topological polar surface area (TPSA) is 66.8 Å². The van der Waals surface area contributed by atoms with Crippen LogP contribution in [0, 0.1) is 17.3 Å². The van der Waals surface area contributed by atoms with Crippen molar-refractivity contribution in [1.82, 2.24) is 4.90 Å². The summed E-state index contributed by atoms with van der Waals surface area (Å²) in [7, 11) is 1.95. The first-order valence-electron chi connectivity index (χ1n) is 10.8. The molecule has 1 aromatic rings. The molecule has 0 aromatic heterocycles. The Morgan fingerprint density at radius 3 is 2.67 bits per heavy atom. The monoisotopic (exact) mass is 409 g/mol. The number of hydrogen-bond donors (Lipinski definition) is 1. The average molecular weight is 410 g/mol. The molecule has 160 valence electrons. The molecule has 2 fully saturated rings. The summed E-state index contributed by atoms with van der Waals surface area (Å²) in [4.78, 5) is 27.2. The van der Waals surface area contributed by atoms with Crippen molar-refractivity contribution >= 4 is 11.8 Å². The number of aliphatic hydroxyl groups is 1. The summed E-state index contributed by atoms with van der Waals surface area (Å²) < 4.78 is 5.88. The van der Waals surface area contributed by atoms with Crippen molar-refractivity contribution in [1.29, 1.82) is 0 Å². The van der Waals surface area contributed by atoms with Gasteiger partial charge in [0.15, 0.2) is 5.78 Å². The molecular weight excluding hydrogens is 378 g/mol. The lowest BCUT2D eigenvalue weighted by Gasteiger charge is -2.43. The lowest BCUT2D eigenvalue weighted by molar-refractivity contribution is -0.144. The number of benzene rings is 1. The molecule has 4 rings (SSSR count). The van der Waals surface area contributed by atoms with Gasteiger partial charge >= 0.3 is 5.97 Å². The fraction of sp³-hybridized carbons (Fsp3) is 0.520. The van der Waals surface area contributed by atoms with E-state index in [4.69, 9.17) is 4.74 Å². The minimum Gasteiger partial charge on any atom is -0.457 e. The van der Waals surface area contributed by atoms with E-state index in [0.29, 0.717) is 6.54 Å². The number of likely N-dealkylation sites (N-methyl/N-ethyl adjacent to an activating group) is 1. The second-order valence-electron chi connectivity index (χ2n) is 9.36. The molecule has 1 aliphatic heterocycles. The highest BCUT2D eigenvalue weighted by atomic mass is 16.6. The fourth-order valence-corrected chi connectivity index (χ4v) is 5.43. The Balaban J connectivity index is 1.52. The number of hydrogen-bond acceptors (Lipinski definition) is 5. The van der Waals surface area contributed by atoms with E-state index in [0.717, 1.165) is 29.6 Å². The Labute approximate surface area is 178 Å². The number of carbonyl (C=O) groups excluding carboxylic acids is 2. The van der Waals surface area contributed by atoms with Crippen LogP contribution < -0.4 is 0 Å². The summed E-state index contributed by atoms with van der Waals surface area (Å²) in [5, 5.41) is 10.8. The number of ketones is 1. The van der Waals surface area contributed by atoms with Crippen molar-refractivity contribution in [3.05, 3.63) is 59.2 Å². The van der Waals surface area contributed by atoms with Gasteiger partial charge in [-0.3, -0.25) is 14.5 Å². The van der Waals surface area contributed by atoms with E-state index in [1.54, 1.807) is 6.08 Å². The molecule has 6 atom stereocenters. The van der Waals surface area contributed by atoms with Crippen LogP contribution in [0.25, 0.3) is 0 Å². The first-order valence-corrected chi connectivity index (χ1v) is 10.8. The second kappa shape index (κ2) is 7.78. The summed E-state index contributed by atoms with van der Waals surface area (Å²) in [5.41, 5.74) is 2.37. The molecule has 0 bridgehead atoms. The van der Waals surface area contributed by atoms with E-state index in [1.165, 1.54) is 0 Å². The van der Waals surface area contributed by atoms with E-state index in [-0.39, 0.29) is 41.1 Å². The highest BCUT2D eigenvalue weighted by Gasteiger charge is 2.54. The van der Waals surface area contributed by atoms with E-state index < -0.39 is 6.10 Å². The van der Waals surface area contributed by atoms with Crippen LogP contribution in [-0.2, 0) is 14.3 Å². The molecule has 30 heavy (non-hydrogen) atoms. The molecule has 1 N–H and O–H groups in total. The molecule has 3 aliphatic rings. The molecule has 1 aromatic carbocycles. The Hall–Kier alpha value is -2.24. The van der Waals surface area contributed by atoms with Crippen LogP contribution in [0.5, 0.6) is 0 Å². The molecule has 2 aliphatic carbocycles. The molecule has 0 unspecified atom stereocenters. The third kappa shape index (κ3) is 3.44. The van der Waals surface area contributed by atoms with Gasteiger partial charge in [0.25, 0.3) is 0 Å². The van der Waals surface area contributed by atoms with E-state index in [1.807, 2.05) is 62.2 Å². The number of ether oxygens (including phenoxy) is 1. The van der Waals surface area contributed by atoms with Crippen molar-refractivity contribution < 1.29 is 19.4 Å². The third-order valence-corrected chi connectivity index (χ3v) is 7.50. The number of fused-ring (bicyclic) bond motifs is 3. The van der Waals surface area contributed by atoms with Crippen LogP contribution in [0.1, 0.15) is 45.3 Å². The maximum absolute atomic E-state index is 12.9. The van der Waals surface area contributed by atoms with E-state index in [2.05, 4.69) is 6.92 Å². The normalized spacial score (nSPS) is 32.7. The Morgan fingerprint density at radius 2 is 1.97 bits per heavy atom. The van der Waals surface area contributed by atoms with Gasteiger partial charge < -0.3 is 9.84 Å². The maximum atomic E-state index is 12.9. The van der Waals surface area contributed by atoms with Crippen LogP contribution in [0.4, 0.5) is 0 Å². The zero-order valence-electron chi connectivity index (χ0n) is 18.2. The summed E-state index contributed by atoms with van der Waals surface area (Å²) in [6.07, 6.45) is 4.48. The highest BCUT2D eigenvalue weighted by Crippen LogP contribution is 2.53. The summed E-state index contributed by atoms with van der Waals surface area (Å²) in [6.45, 7) is 6.49. The van der Waals surface area contributed by atoms with Gasteiger partial charge in [0, 0.05) is 29.5 Å². The number of carbonyl (C=O) groups is 2. The lowest BCUT2D eigenvalue weighted by atomic mass is 9.61. The van der Waals surface area contributed by atoms with Crippen molar-refractivity contribution in [2.24, 2.45) is 17.3 Å². The average Bonchev–Trinajstić information content (AvgIpc) is 3.05. The molecule has 1 saturated carbocycles. The number of nitrogens with zero attached hydrogens (tertiary/aromatic N) is 1. The van der Waals surface area contributed by atoms with Gasteiger partial charge in [0.1, 0.15) is 6.10 Å². The van der Waals surface area contributed by atoms with Gasteiger partial charge in [-0.15, -0.1) is 0 Å². The standard InChI is InChI=1S/C25H31NO4/c1-15-20(27)11-13-25(3)12-10-18-19(24(29)30-23(18)21(15)25)14-26(4)16(2)22(28)17-8-6-5-7-9-17/h5-9,11,13,16,18-19,22-23,28H,10,12,14H2,1-4H3/t16-,18+,19-,22+,23+,25-/m0/s1. The number of rotatable bonds is 5. The van der Waals surface area contributed by atoms with Crippen LogP contribution >= 0.6 is 0 Å². The molecule has 1 heterocycles. The van der Waals surface area contributed by atoms with Crippen LogP contribution in [0.3, 0.4) is 0 Å². The summed E-state index contributed by atoms with van der Waals surface area (Å²) in [5.74, 6) is -0.362. The second-order valence-corrected chi connectivity index (χ2v) is 9.36. The molecular formula is C25H31NO4. The number of esters is 1. The summed E-state index contributed by atoms with van der Waals surface area (Å²) >= 11 is 0. The molecule has 0 spiro atoms. The van der Waals surface area contributed by atoms with Gasteiger partial charge in [0.05, 0.1) is 12.0 Å². The fourth-order valence-electron chi connectivity index (χ4n) is 5.43. The smallest absolute Gasteiger partial charge is 0.311 e. The molecule has 5 nitrogen and oxygen atoms in total. The van der Waals surface area contributed by atoms with Crippen LogP contribution in [0.15, 0.2) is 53.6 Å². The Morgan fingerprint density at radius 1 is 1.27 bits per heavy atom. The van der Waals surface area contributed by atoms with Crippen molar-refractivity contribution in [2.45, 2.75) is 51.9 Å². The maximum Gasteiger partial charge on any atom is 0.311 e. The first-order chi connectivity index (χ1) is 14.2. The summed E-state index contributed by atoms with van der Waals surface area (Å²) in [6, 6.07) is 9.45. The van der Waals surface area contributed by atoms with Crippen LogP contribution in [-0.4, -0.2) is 47.5 Å². The van der Waals surface area contributed by atoms with Gasteiger partial charge in [-0.2, -0.15) is 0 Å². The highest BCUT2D eigenvalue weighted by molar-refractivity contribution is 6.05. The van der Waals surface area contributed by atoms with Gasteiger partial charge in [-0.05, 0) is 50.9 Å².